The molecule has 6 nitrogen and oxygen atoms in total. The van der Waals surface area contributed by atoms with Crippen LogP contribution in [-0.4, -0.2) is 23.0 Å². The Balaban J connectivity index is 2.10. The van der Waals surface area contributed by atoms with E-state index in [9.17, 15) is 14.9 Å². The maximum atomic E-state index is 11.3. The lowest BCUT2D eigenvalue weighted by Crippen LogP contribution is -2.00. The highest BCUT2D eigenvalue weighted by Crippen LogP contribution is 2.12. The molecule has 2 aromatic rings. The van der Waals surface area contributed by atoms with E-state index >= 15 is 0 Å². The minimum atomic E-state index is -0.494. The number of carbonyl (C=O) groups excluding carboxylic acids is 1. The monoisotopic (exact) mass is 284 g/mol. The fraction of sp³-hybridized carbons (Fsp3) is 0.0667. The molecular formula is C15H12N2O4. The summed E-state index contributed by atoms with van der Waals surface area (Å²) in [6.45, 7) is 0. The largest absolute Gasteiger partial charge is 0.465 e. The Kier molecular flexibility index (Phi) is 4.40. The summed E-state index contributed by atoms with van der Waals surface area (Å²) in [5, 5.41) is 10.5. The minimum absolute atomic E-state index is 0.0467. The zero-order chi connectivity index (χ0) is 15.2. The number of carbonyl (C=O) groups is 1. The van der Waals surface area contributed by atoms with Crippen LogP contribution in [0.4, 0.5) is 5.69 Å². The van der Waals surface area contributed by atoms with Gasteiger partial charge in [0.05, 0.1) is 23.3 Å². The molecule has 0 saturated carbocycles. The molecule has 0 atom stereocenters. The molecule has 0 spiro atoms. The SMILES string of the molecule is COC(=O)c1ccc(/C=C/c2ccc([N+](=O)[O-])cn2)cc1. The molecule has 2 rings (SSSR count). The van der Waals surface area contributed by atoms with Crippen molar-refractivity contribution >= 4 is 23.8 Å². The van der Waals surface area contributed by atoms with E-state index in [0.717, 1.165) is 5.56 Å². The highest BCUT2D eigenvalue weighted by molar-refractivity contribution is 5.89. The standard InChI is InChI=1S/C15H12N2O4/c1-21-15(18)12-5-2-11(3-6-12)4-7-13-8-9-14(10-16-13)17(19)20/h2-10H,1H3/b7-4+. The Hall–Kier alpha value is -3.02. The molecule has 0 unspecified atom stereocenters. The molecule has 0 aliphatic heterocycles. The molecule has 1 heterocycles. The Morgan fingerprint density at radius 1 is 1.19 bits per heavy atom. The average molecular weight is 284 g/mol. The summed E-state index contributed by atoms with van der Waals surface area (Å²) in [4.78, 5) is 25.3. The molecule has 0 aliphatic carbocycles. The molecule has 106 valence electrons. The van der Waals surface area contributed by atoms with Crippen LogP contribution in [0.1, 0.15) is 21.6 Å². The Morgan fingerprint density at radius 2 is 1.90 bits per heavy atom. The highest BCUT2D eigenvalue weighted by atomic mass is 16.6. The third-order valence-electron chi connectivity index (χ3n) is 2.76. The number of rotatable bonds is 4. The molecule has 1 aromatic heterocycles. The van der Waals surface area contributed by atoms with E-state index in [1.54, 1.807) is 42.5 Å². The second-order valence-corrected chi connectivity index (χ2v) is 4.15. The normalized spacial score (nSPS) is 10.5. The Labute approximate surface area is 120 Å². The maximum Gasteiger partial charge on any atom is 0.337 e. The van der Waals surface area contributed by atoms with Gasteiger partial charge < -0.3 is 4.74 Å². The van der Waals surface area contributed by atoms with Gasteiger partial charge in [-0.3, -0.25) is 10.1 Å². The molecule has 0 saturated heterocycles. The first-order valence-corrected chi connectivity index (χ1v) is 6.07. The highest BCUT2D eigenvalue weighted by Gasteiger charge is 2.04. The number of hydrogen-bond acceptors (Lipinski definition) is 5. The summed E-state index contributed by atoms with van der Waals surface area (Å²) in [5.41, 5.74) is 1.91. The second kappa shape index (κ2) is 6.42. The molecule has 0 radical (unpaired) electrons. The molecule has 0 amide bonds. The molecule has 6 heteroatoms. The summed E-state index contributed by atoms with van der Waals surface area (Å²) >= 11 is 0. The van der Waals surface area contributed by atoms with Gasteiger partial charge in [-0.1, -0.05) is 18.2 Å². The van der Waals surface area contributed by atoms with E-state index in [2.05, 4.69) is 9.72 Å². The zero-order valence-electron chi connectivity index (χ0n) is 11.2. The van der Waals surface area contributed by atoms with Crippen LogP contribution in [0.25, 0.3) is 12.2 Å². The van der Waals surface area contributed by atoms with Crippen LogP contribution in [0.5, 0.6) is 0 Å². The molecule has 0 fully saturated rings. The van der Waals surface area contributed by atoms with E-state index < -0.39 is 4.92 Å². The summed E-state index contributed by atoms with van der Waals surface area (Å²) in [5.74, 6) is -0.387. The van der Waals surface area contributed by atoms with Gasteiger partial charge in [0.1, 0.15) is 6.20 Å². The smallest absolute Gasteiger partial charge is 0.337 e. The summed E-state index contributed by atoms with van der Waals surface area (Å²) < 4.78 is 4.61. The number of esters is 1. The van der Waals surface area contributed by atoms with Crippen molar-refractivity contribution in [3.63, 3.8) is 0 Å². The Morgan fingerprint density at radius 3 is 2.43 bits per heavy atom. The van der Waals surface area contributed by atoms with Crippen LogP contribution in [0.2, 0.25) is 0 Å². The van der Waals surface area contributed by atoms with Gasteiger partial charge in [0.2, 0.25) is 0 Å². The van der Waals surface area contributed by atoms with Gasteiger partial charge in [-0.25, -0.2) is 9.78 Å². The van der Waals surface area contributed by atoms with Crippen molar-refractivity contribution in [3.8, 4) is 0 Å². The van der Waals surface area contributed by atoms with E-state index in [1.807, 2.05) is 0 Å². The van der Waals surface area contributed by atoms with Crippen LogP contribution in [0, 0.1) is 10.1 Å². The predicted molar refractivity (Wildman–Crippen MR) is 77.6 cm³/mol. The number of nitro groups is 1. The first-order chi connectivity index (χ1) is 10.1. The molecule has 0 aliphatic rings. The average Bonchev–Trinajstić information content (AvgIpc) is 2.53. The topological polar surface area (TPSA) is 82.3 Å². The van der Waals surface area contributed by atoms with Crippen LogP contribution < -0.4 is 0 Å². The fourth-order valence-electron chi connectivity index (χ4n) is 1.63. The molecule has 0 bridgehead atoms. The predicted octanol–water partition coefficient (Wildman–Crippen LogP) is 2.95. The van der Waals surface area contributed by atoms with Gasteiger partial charge in [0.15, 0.2) is 0 Å². The molecular weight excluding hydrogens is 272 g/mol. The van der Waals surface area contributed by atoms with Gasteiger partial charge >= 0.3 is 5.97 Å². The minimum Gasteiger partial charge on any atom is -0.465 e. The Bertz CT molecular complexity index is 676. The number of pyridine rings is 1. The summed E-state index contributed by atoms with van der Waals surface area (Å²) in [6, 6.07) is 9.83. The number of ether oxygens (including phenoxy) is 1. The van der Waals surface area contributed by atoms with Crippen molar-refractivity contribution in [2.75, 3.05) is 7.11 Å². The van der Waals surface area contributed by atoms with Gasteiger partial charge in [-0.05, 0) is 29.8 Å². The lowest BCUT2D eigenvalue weighted by Gasteiger charge is -1.99. The quantitative estimate of drug-likeness (QED) is 0.489. The number of aromatic nitrogens is 1. The molecule has 1 aromatic carbocycles. The van der Waals surface area contributed by atoms with Crippen LogP contribution in [0.15, 0.2) is 42.6 Å². The van der Waals surface area contributed by atoms with Gasteiger partial charge in [-0.2, -0.15) is 0 Å². The first kappa shape index (κ1) is 14.4. The van der Waals surface area contributed by atoms with Crippen LogP contribution >= 0.6 is 0 Å². The van der Waals surface area contributed by atoms with E-state index in [4.69, 9.17) is 0 Å². The van der Waals surface area contributed by atoms with Gasteiger partial charge in [0, 0.05) is 6.07 Å². The van der Waals surface area contributed by atoms with E-state index in [1.165, 1.54) is 19.4 Å². The number of hydrogen-bond donors (Lipinski definition) is 0. The maximum absolute atomic E-state index is 11.3. The zero-order valence-corrected chi connectivity index (χ0v) is 11.2. The first-order valence-electron chi connectivity index (χ1n) is 6.07. The van der Waals surface area contributed by atoms with Gasteiger partial charge in [0.25, 0.3) is 5.69 Å². The number of nitrogens with zero attached hydrogens (tertiary/aromatic N) is 2. The van der Waals surface area contributed by atoms with Gasteiger partial charge in [-0.15, -0.1) is 0 Å². The number of benzene rings is 1. The van der Waals surface area contributed by atoms with Crippen molar-refractivity contribution in [3.05, 3.63) is 69.5 Å². The molecule has 21 heavy (non-hydrogen) atoms. The van der Waals surface area contributed by atoms with Crippen LogP contribution in [0.3, 0.4) is 0 Å². The fourth-order valence-corrected chi connectivity index (χ4v) is 1.63. The van der Waals surface area contributed by atoms with Crippen molar-refractivity contribution in [2.45, 2.75) is 0 Å². The summed E-state index contributed by atoms with van der Waals surface area (Å²) in [6.07, 6.45) is 4.74. The van der Waals surface area contributed by atoms with Crippen molar-refractivity contribution in [1.82, 2.24) is 4.98 Å². The summed E-state index contributed by atoms with van der Waals surface area (Å²) in [7, 11) is 1.33. The van der Waals surface area contributed by atoms with Crippen molar-refractivity contribution in [2.24, 2.45) is 0 Å². The lowest BCUT2D eigenvalue weighted by atomic mass is 10.1. The van der Waals surface area contributed by atoms with E-state index in [0.29, 0.717) is 11.3 Å². The lowest BCUT2D eigenvalue weighted by molar-refractivity contribution is -0.385. The second-order valence-electron chi connectivity index (χ2n) is 4.15. The van der Waals surface area contributed by atoms with E-state index in [-0.39, 0.29) is 11.7 Å². The van der Waals surface area contributed by atoms with Crippen LogP contribution in [-0.2, 0) is 4.74 Å². The number of methoxy groups -OCH3 is 1. The molecule has 0 N–H and O–H groups in total. The van der Waals surface area contributed by atoms with Crippen molar-refractivity contribution in [1.29, 1.82) is 0 Å². The third-order valence-corrected chi connectivity index (χ3v) is 2.76. The van der Waals surface area contributed by atoms with Crippen molar-refractivity contribution < 1.29 is 14.5 Å². The third kappa shape index (κ3) is 3.73.